The van der Waals surface area contributed by atoms with Gasteiger partial charge in [-0.15, -0.1) is 0 Å². The van der Waals surface area contributed by atoms with Crippen molar-refractivity contribution in [1.82, 2.24) is 0 Å². The molecule has 0 spiro atoms. The molecule has 1 fully saturated rings. The first kappa shape index (κ1) is 7.52. The zero-order valence-electron chi connectivity index (χ0n) is 5.83. The second-order valence-electron chi connectivity index (χ2n) is 2.92. The van der Waals surface area contributed by atoms with Gasteiger partial charge in [0, 0.05) is 6.04 Å². The van der Waals surface area contributed by atoms with Crippen molar-refractivity contribution < 1.29 is 5.11 Å². The van der Waals surface area contributed by atoms with E-state index in [-0.39, 0.29) is 6.04 Å². The molecule has 0 radical (unpaired) electrons. The summed E-state index contributed by atoms with van der Waals surface area (Å²) in [5.41, 5.74) is 5.50. The summed E-state index contributed by atoms with van der Waals surface area (Å²) in [5, 5.41) is 17.2. The highest BCUT2D eigenvalue weighted by Gasteiger charge is 2.26. The van der Waals surface area contributed by atoms with E-state index in [1.165, 1.54) is 12.8 Å². The summed E-state index contributed by atoms with van der Waals surface area (Å²) in [5.74, 6) is 0.679. The van der Waals surface area contributed by atoms with Crippen LogP contribution in [0, 0.1) is 17.2 Å². The monoisotopic (exact) mass is 140 g/mol. The minimum atomic E-state index is -0.972. The van der Waals surface area contributed by atoms with Gasteiger partial charge in [0.1, 0.15) is 0 Å². The van der Waals surface area contributed by atoms with Crippen LogP contribution in [0.5, 0.6) is 0 Å². The van der Waals surface area contributed by atoms with Gasteiger partial charge in [-0.3, -0.25) is 0 Å². The minimum Gasteiger partial charge on any atom is -0.376 e. The Balaban J connectivity index is 2.19. The number of aliphatic hydroxyl groups excluding tert-OH is 1. The normalized spacial score (nSPS) is 23.3. The second-order valence-corrected chi connectivity index (χ2v) is 2.92. The Labute approximate surface area is 60.4 Å². The lowest BCUT2D eigenvalue weighted by Gasteiger charge is -2.10. The predicted molar refractivity (Wildman–Crippen MR) is 36.9 cm³/mol. The molecule has 0 aromatic heterocycles. The lowest BCUT2D eigenvalue weighted by Crippen LogP contribution is -2.33. The number of hydrogen-bond donors (Lipinski definition) is 2. The Morgan fingerprint density at radius 3 is 2.70 bits per heavy atom. The summed E-state index contributed by atoms with van der Waals surface area (Å²) in [6.07, 6.45) is 2.26. The van der Waals surface area contributed by atoms with Gasteiger partial charge in [-0.2, -0.15) is 5.26 Å². The first-order valence-corrected chi connectivity index (χ1v) is 3.57. The maximum atomic E-state index is 8.92. The topological polar surface area (TPSA) is 70.0 Å². The van der Waals surface area contributed by atoms with Gasteiger partial charge in [-0.25, -0.2) is 0 Å². The van der Waals surface area contributed by atoms with Gasteiger partial charge in [0.25, 0.3) is 0 Å². The molecule has 0 aliphatic heterocycles. The maximum Gasteiger partial charge on any atom is 0.155 e. The van der Waals surface area contributed by atoms with Gasteiger partial charge >= 0.3 is 0 Å². The van der Waals surface area contributed by atoms with Gasteiger partial charge in [0.05, 0.1) is 6.07 Å². The summed E-state index contributed by atoms with van der Waals surface area (Å²) in [6.45, 7) is 0. The molecule has 3 nitrogen and oxygen atoms in total. The molecule has 2 atom stereocenters. The molecule has 0 amide bonds. The van der Waals surface area contributed by atoms with Crippen molar-refractivity contribution in [2.45, 2.75) is 31.4 Å². The first-order chi connectivity index (χ1) is 4.74. The number of hydrogen-bond acceptors (Lipinski definition) is 3. The molecule has 1 saturated carbocycles. The third kappa shape index (κ3) is 1.98. The van der Waals surface area contributed by atoms with E-state index in [0.29, 0.717) is 5.92 Å². The van der Waals surface area contributed by atoms with Crippen LogP contribution in [0.3, 0.4) is 0 Å². The van der Waals surface area contributed by atoms with E-state index in [0.717, 1.165) is 6.42 Å². The Kier molecular flexibility index (Phi) is 2.25. The van der Waals surface area contributed by atoms with E-state index in [1.807, 2.05) is 0 Å². The molecular formula is C7H12N2O. The zero-order chi connectivity index (χ0) is 7.56. The van der Waals surface area contributed by atoms with E-state index < -0.39 is 6.10 Å². The van der Waals surface area contributed by atoms with Gasteiger partial charge < -0.3 is 10.8 Å². The van der Waals surface area contributed by atoms with Crippen molar-refractivity contribution in [3.63, 3.8) is 0 Å². The molecule has 1 rings (SSSR count). The van der Waals surface area contributed by atoms with Crippen LogP contribution in [0.15, 0.2) is 0 Å². The molecule has 1 unspecified atom stereocenters. The second kappa shape index (κ2) is 3.00. The largest absolute Gasteiger partial charge is 0.376 e. The molecule has 10 heavy (non-hydrogen) atoms. The average Bonchev–Trinajstić information content (AvgIpc) is 2.70. The Hall–Kier alpha value is -0.590. The highest BCUT2D eigenvalue weighted by Crippen LogP contribution is 2.33. The van der Waals surface area contributed by atoms with Gasteiger partial charge in [0.15, 0.2) is 6.10 Å². The molecule has 0 bridgehead atoms. The SMILES string of the molecule is N#CC(O)[C@@H](N)CC1CC1. The highest BCUT2D eigenvalue weighted by atomic mass is 16.3. The predicted octanol–water partition coefficient (Wildman–Crippen LogP) is -0.00172. The van der Waals surface area contributed by atoms with Crippen LogP contribution in [0.1, 0.15) is 19.3 Å². The molecule has 0 aromatic carbocycles. The van der Waals surface area contributed by atoms with Crippen LogP contribution in [0.4, 0.5) is 0 Å². The van der Waals surface area contributed by atoms with Crippen LogP contribution >= 0.6 is 0 Å². The molecule has 56 valence electrons. The van der Waals surface area contributed by atoms with Crippen molar-refractivity contribution in [3.8, 4) is 6.07 Å². The molecule has 1 aliphatic rings. The molecule has 3 N–H and O–H groups in total. The fourth-order valence-corrected chi connectivity index (χ4v) is 0.963. The van der Waals surface area contributed by atoms with Crippen LogP contribution in [0.2, 0.25) is 0 Å². The highest BCUT2D eigenvalue weighted by molar-refractivity contribution is 4.93. The molecule has 0 heterocycles. The van der Waals surface area contributed by atoms with Crippen LogP contribution < -0.4 is 5.73 Å². The summed E-state index contributed by atoms with van der Waals surface area (Å²) in [6, 6.07) is 1.39. The number of nitriles is 1. The Bertz CT molecular complexity index is 148. The van der Waals surface area contributed by atoms with E-state index in [1.54, 1.807) is 6.07 Å². The fourth-order valence-electron chi connectivity index (χ4n) is 0.963. The van der Waals surface area contributed by atoms with Gasteiger partial charge in [-0.1, -0.05) is 12.8 Å². The number of nitrogens with zero attached hydrogens (tertiary/aromatic N) is 1. The van der Waals surface area contributed by atoms with Crippen molar-refractivity contribution >= 4 is 0 Å². The van der Waals surface area contributed by atoms with Crippen molar-refractivity contribution in [1.29, 1.82) is 5.26 Å². The van der Waals surface area contributed by atoms with Crippen molar-refractivity contribution in [3.05, 3.63) is 0 Å². The van der Waals surface area contributed by atoms with Crippen molar-refractivity contribution in [2.24, 2.45) is 11.7 Å². The van der Waals surface area contributed by atoms with E-state index in [2.05, 4.69) is 0 Å². The van der Waals surface area contributed by atoms with Gasteiger partial charge in [0.2, 0.25) is 0 Å². The lowest BCUT2D eigenvalue weighted by molar-refractivity contribution is 0.190. The van der Waals surface area contributed by atoms with Gasteiger partial charge in [-0.05, 0) is 12.3 Å². The van der Waals surface area contributed by atoms with Crippen LogP contribution in [0.25, 0.3) is 0 Å². The summed E-state index contributed by atoms with van der Waals surface area (Å²) in [4.78, 5) is 0. The molecule has 0 saturated heterocycles. The van der Waals surface area contributed by atoms with E-state index in [4.69, 9.17) is 16.1 Å². The molecular weight excluding hydrogens is 128 g/mol. The van der Waals surface area contributed by atoms with Crippen molar-refractivity contribution in [2.75, 3.05) is 0 Å². The molecule has 3 heteroatoms. The molecule has 0 aromatic rings. The standard InChI is InChI=1S/C7H12N2O/c8-4-7(10)6(9)3-5-1-2-5/h5-7,10H,1-3,9H2/t6-,7?/m0/s1. The number of aliphatic hydroxyl groups is 1. The van der Waals surface area contributed by atoms with E-state index in [9.17, 15) is 0 Å². The maximum absolute atomic E-state index is 8.92. The Morgan fingerprint density at radius 1 is 1.70 bits per heavy atom. The van der Waals surface area contributed by atoms with E-state index >= 15 is 0 Å². The smallest absolute Gasteiger partial charge is 0.155 e. The number of nitrogens with two attached hydrogens (primary N) is 1. The lowest BCUT2D eigenvalue weighted by atomic mass is 10.1. The first-order valence-electron chi connectivity index (χ1n) is 3.57. The average molecular weight is 140 g/mol. The minimum absolute atomic E-state index is 0.336. The fraction of sp³-hybridized carbons (Fsp3) is 0.857. The Morgan fingerprint density at radius 2 is 2.30 bits per heavy atom. The third-order valence-corrected chi connectivity index (χ3v) is 1.84. The summed E-state index contributed by atoms with van der Waals surface area (Å²) >= 11 is 0. The molecule has 1 aliphatic carbocycles. The number of rotatable bonds is 3. The zero-order valence-corrected chi connectivity index (χ0v) is 5.83. The summed E-state index contributed by atoms with van der Waals surface area (Å²) in [7, 11) is 0. The quantitative estimate of drug-likeness (QED) is 0.542. The summed E-state index contributed by atoms with van der Waals surface area (Å²) < 4.78 is 0. The van der Waals surface area contributed by atoms with Crippen LogP contribution in [-0.4, -0.2) is 17.3 Å². The third-order valence-electron chi connectivity index (χ3n) is 1.84. The van der Waals surface area contributed by atoms with Crippen LogP contribution in [-0.2, 0) is 0 Å².